The first-order valence-electron chi connectivity index (χ1n) is 9.05. The van der Waals surface area contributed by atoms with Gasteiger partial charge in [-0.2, -0.15) is 0 Å². The Kier molecular flexibility index (Phi) is 11.5. The van der Waals surface area contributed by atoms with Crippen LogP contribution in [0.3, 0.4) is 0 Å². The van der Waals surface area contributed by atoms with Crippen LogP contribution in [-0.4, -0.2) is 59.6 Å². The average Bonchev–Trinajstić information content (AvgIpc) is 2.93. The molecule has 0 bridgehead atoms. The summed E-state index contributed by atoms with van der Waals surface area (Å²) in [6.45, 7) is 2.48. The van der Waals surface area contributed by atoms with E-state index in [4.69, 9.17) is 14.6 Å². The van der Waals surface area contributed by atoms with Crippen LogP contribution in [0, 0.1) is 0 Å². The second-order valence-electron chi connectivity index (χ2n) is 6.24. The van der Waals surface area contributed by atoms with Gasteiger partial charge in [0.2, 0.25) is 0 Å². The highest BCUT2D eigenvalue weighted by molar-refractivity contribution is 4.89. The molecule has 1 aliphatic rings. The van der Waals surface area contributed by atoms with Crippen LogP contribution in [0.1, 0.15) is 58.3 Å². The molecular formula is C18H34O5. The molecule has 5 nitrogen and oxygen atoms in total. The number of unbranched alkanes of at least 4 members (excludes halogenated alkanes) is 6. The third kappa shape index (κ3) is 8.27. The Hall–Kier alpha value is -0.460. The van der Waals surface area contributed by atoms with Crippen LogP contribution in [-0.2, 0) is 9.47 Å². The molecule has 0 aromatic carbocycles. The zero-order valence-corrected chi connectivity index (χ0v) is 14.4. The summed E-state index contributed by atoms with van der Waals surface area (Å²) in [5.74, 6) is 0. The van der Waals surface area contributed by atoms with Gasteiger partial charge in [-0.25, -0.2) is 0 Å². The van der Waals surface area contributed by atoms with Crippen molar-refractivity contribution in [2.75, 3.05) is 19.8 Å². The van der Waals surface area contributed by atoms with E-state index < -0.39 is 24.4 Å². The lowest BCUT2D eigenvalue weighted by Crippen LogP contribution is -2.42. The highest BCUT2D eigenvalue weighted by atomic mass is 16.6. The molecule has 0 amide bonds. The molecule has 1 heterocycles. The Morgan fingerprint density at radius 3 is 2.52 bits per heavy atom. The molecule has 0 radical (unpaired) electrons. The monoisotopic (exact) mass is 330 g/mol. The minimum absolute atomic E-state index is 0.152. The molecule has 4 atom stereocenters. The summed E-state index contributed by atoms with van der Waals surface area (Å²) in [5, 5.41) is 28.5. The molecule has 3 N–H and O–H groups in total. The van der Waals surface area contributed by atoms with Crippen LogP contribution in [0.2, 0.25) is 0 Å². The third-order valence-electron chi connectivity index (χ3n) is 4.21. The highest BCUT2D eigenvalue weighted by Gasteiger charge is 2.40. The van der Waals surface area contributed by atoms with Crippen LogP contribution in [0.4, 0.5) is 0 Å². The van der Waals surface area contributed by atoms with E-state index in [2.05, 4.69) is 19.1 Å². The molecule has 23 heavy (non-hydrogen) atoms. The summed E-state index contributed by atoms with van der Waals surface area (Å²) >= 11 is 0. The lowest BCUT2D eigenvalue weighted by Gasteiger charge is -2.23. The number of rotatable bonds is 13. The van der Waals surface area contributed by atoms with Crippen molar-refractivity contribution in [2.45, 2.75) is 82.7 Å². The molecule has 1 saturated heterocycles. The maximum atomic E-state index is 9.82. The number of hydrogen-bond donors (Lipinski definition) is 3. The Balaban J connectivity index is 2.00. The molecule has 1 fully saturated rings. The SMILES string of the molecule is CC/C=C/CCCCCCCCO[C@@H]1[C@H]([C@H](O)CO)OC[C@@H]1O. The van der Waals surface area contributed by atoms with Crippen molar-refractivity contribution in [2.24, 2.45) is 0 Å². The van der Waals surface area contributed by atoms with E-state index in [1.54, 1.807) is 0 Å². The number of hydrogen-bond acceptors (Lipinski definition) is 5. The minimum atomic E-state index is -1.00. The molecule has 0 aromatic heterocycles. The molecule has 0 unspecified atom stereocenters. The molecule has 5 heteroatoms. The molecular weight excluding hydrogens is 296 g/mol. The Morgan fingerprint density at radius 2 is 1.83 bits per heavy atom. The van der Waals surface area contributed by atoms with Gasteiger partial charge < -0.3 is 24.8 Å². The second kappa shape index (κ2) is 12.9. The fraction of sp³-hybridized carbons (Fsp3) is 0.889. The van der Waals surface area contributed by atoms with Crippen molar-refractivity contribution >= 4 is 0 Å². The predicted octanol–water partition coefficient (Wildman–Crippen LogP) is 2.18. The summed E-state index contributed by atoms with van der Waals surface area (Å²) in [6, 6.07) is 0. The molecule has 0 saturated carbocycles. The number of allylic oxidation sites excluding steroid dienone is 2. The maximum absolute atomic E-state index is 9.82. The average molecular weight is 330 g/mol. The number of ether oxygens (including phenoxy) is 2. The fourth-order valence-corrected chi connectivity index (χ4v) is 2.83. The second-order valence-corrected chi connectivity index (χ2v) is 6.24. The van der Waals surface area contributed by atoms with Gasteiger partial charge in [-0.15, -0.1) is 0 Å². The van der Waals surface area contributed by atoms with E-state index in [-0.39, 0.29) is 13.2 Å². The van der Waals surface area contributed by atoms with E-state index in [1.165, 1.54) is 32.1 Å². The predicted molar refractivity (Wildman–Crippen MR) is 90.3 cm³/mol. The van der Waals surface area contributed by atoms with Gasteiger partial charge in [0, 0.05) is 6.61 Å². The van der Waals surface area contributed by atoms with Crippen LogP contribution in [0.25, 0.3) is 0 Å². The van der Waals surface area contributed by atoms with Gasteiger partial charge in [0.25, 0.3) is 0 Å². The first kappa shape index (κ1) is 20.6. The smallest absolute Gasteiger partial charge is 0.114 e. The quantitative estimate of drug-likeness (QED) is 0.356. The molecule has 1 aliphatic heterocycles. The van der Waals surface area contributed by atoms with Gasteiger partial charge in [-0.3, -0.25) is 0 Å². The Labute approximate surface area is 140 Å². The lowest BCUT2D eigenvalue weighted by molar-refractivity contribution is -0.0938. The van der Waals surface area contributed by atoms with E-state index in [0.29, 0.717) is 6.61 Å². The molecule has 0 aliphatic carbocycles. The first-order valence-corrected chi connectivity index (χ1v) is 9.05. The van der Waals surface area contributed by atoms with Gasteiger partial charge in [-0.1, -0.05) is 44.8 Å². The van der Waals surface area contributed by atoms with Crippen LogP contribution in [0.5, 0.6) is 0 Å². The topological polar surface area (TPSA) is 79.2 Å². The van der Waals surface area contributed by atoms with E-state index >= 15 is 0 Å². The molecule has 136 valence electrons. The zero-order valence-electron chi connectivity index (χ0n) is 14.4. The molecule has 0 spiro atoms. The van der Waals surface area contributed by atoms with Crippen molar-refractivity contribution in [1.82, 2.24) is 0 Å². The van der Waals surface area contributed by atoms with Crippen LogP contribution < -0.4 is 0 Å². The highest BCUT2D eigenvalue weighted by Crippen LogP contribution is 2.21. The lowest BCUT2D eigenvalue weighted by atomic mass is 10.1. The maximum Gasteiger partial charge on any atom is 0.114 e. The van der Waals surface area contributed by atoms with Crippen molar-refractivity contribution in [3.63, 3.8) is 0 Å². The first-order chi connectivity index (χ1) is 11.2. The normalized spacial score (nSPS) is 26.2. The summed E-state index contributed by atoms with van der Waals surface area (Å²) in [6.07, 6.45) is 10.9. The largest absolute Gasteiger partial charge is 0.394 e. The summed E-state index contributed by atoms with van der Waals surface area (Å²) in [7, 11) is 0. The van der Waals surface area contributed by atoms with E-state index in [9.17, 15) is 10.2 Å². The van der Waals surface area contributed by atoms with Crippen molar-refractivity contribution in [1.29, 1.82) is 0 Å². The zero-order chi connectivity index (χ0) is 16.9. The minimum Gasteiger partial charge on any atom is -0.394 e. The van der Waals surface area contributed by atoms with Crippen LogP contribution in [0.15, 0.2) is 12.2 Å². The van der Waals surface area contributed by atoms with Gasteiger partial charge in [0.05, 0.1) is 13.2 Å². The third-order valence-corrected chi connectivity index (χ3v) is 4.21. The Morgan fingerprint density at radius 1 is 1.13 bits per heavy atom. The number of aliphatic hydroxyl groups excluding tert-OH is 3. The van der Waals surface area contributed by atoms with E-state index in [1.807, 2.05) is 0 Å². The van der Waals surface area contributed by atoms with E-state index in [0.717, 1.165) is 19.3 Å². The van der Waals surface area contributed by atoms with Gasteiger partial charge in [0.1, 0.15) is 24.4 Å². The summed E-state index contributed by atoms with van der Waals surface area (Å²) in [4.78, 5) is 0. The van der Waals surface area contributed by atoms with Crippen molar-refractivity contribution in [3.8, 4) is 0 Å². The standard InChI is InChI=1S/C18H34O5/c1-2-3-4-5-6-7-8-9-10-11-12-22-18-16(21)14-23-17(18)15(20)13-19/h3-4,15-21H,2,5-14H2,1H3/b4-3+/t15-,16+,17+,18+/m1/s1. The summed E-state index contributed by atoms with van der Waals surface area (Å²) < 4.78 is 11.0. The van der Waals surface area contributed by atoms with Crippen molar-refractivity contribution < 1.29 is 24.8 Å². The Bertz CT molecular complexity index is 308. The van der Waals surface area contributed by atoms with Crippen molar-refractivity contribution in [3.05, 3.63) is 12.2 Å². The van der Waals surface area contributed by atoms with Gasteiger partial charge >= 0.3 is 0 Å². The van der Waals surface area contributed by atoms with Gasteiger partial charge in [-0.05, 0) is 25.7 Å². The fourth-order valence-electron chi connectivity index (χ4n) is 2.83. The molecule has 0 aromatic rings. The van der Waals surface area contributed by atoms with Crippen LogP contribution >= 0.6 is 0 Å². The molecule has 1 rings (SSSR count). The summed E-state index contributed by atoms with van der Waals surface area (Å²) in [5.41, 5.74) is 0. The number of aliphatic hydroxyl groups is 3. The van der Waals surface area contributed by atoms with Gasteiger partial charge in [0.15, 0.2) is 0 Å².